The van der Waals surface area contributed by atoms with Crippen molar-refractivity contribution in [3.63, 3.8) is 0 Å². The van der Waals surface area contributed by atoms with Gasteiger partial charge in [0.2, 0.25) is 0 Å². The molecule has 16 heavy (non-hydrogen) atoms. The highest BCUT2D eigenvalue weighted by Crippen LogP contribution is 2.25. The molecular formula is C12H14N4. The van der Waals surface area contributed by atoms with Crippen LogP contribution < -0.4 is 10.6 Å². The van der Waals surface area contributed by atoms with Gasteiger partial charge in [-0.25, -0.2) is 9.97 Å². The van der Waals surface area contributed by atoms with Crippen LogP contribution in [0.25, 0.3) is 0 Å². The fourth-order valence-corrected chi connectivity index (χ4v) is 1.50. The van der Waals surface area contributed by atoms with Gasteiger partial charge < -0.3 is 10.6 Å². The van der Waals surface area contributed by atoms with Crippen LogP contribution in [0.15, 0.2) is 36.8 Å². The third kappa shape index (κ3) is 1.95. The third-order valence-corrected chi connectivity index (χ3v) is 2.46. The van der Waals surface area contributed by atoms with Crippen molar-refractivity contribution >= 4 is 17.2 Å². The molecule has 0 atom stereocenters. The van der Waals surface area contributed by atoms with Gasteiger partial charge in [-0.2, -0.15) is 0 Å². The highest BCUT2D eigenvalue weighted by atomic mass is 15.2. The molecule has 2 rings (SSSR count). The molecule has 4 heteroatoms. The van der Waals surface area contributed by atoms with Gasteiger partial charge in [-0.05, 0) is 19.1 Å². The van der Waals surface area contributed by atoms with Gasteiger partial charge in [0.25, 0.3) is 0 Å². The van der Waals surface area contributed by atoms with E-state index in [9.17, 15) is 0 Å². The maximum absolute atomic E-state index is 5.82. The van der Waals surface area contributed by atoms with Crippen LogP contribution in [0, 0.1) is 6.92 Å². The summed E-state index contributed by atoms with van der Waals surface area (Å²) in [7, 11) is 1.93. The molecule has 1 heterocycles. The van der Waals surface area contributed by atoms with Crippen LogP contribution in [-0.2, 0) is 0 Å². The first-order valence-corrected chi connectivity index (χ1v) is 5.04. The fraction of sp³-hybridized carbons (Fsp3) is 0.167. The Hall–Kier alpha value is -2.10. The van der Waals surface area contributed by atoms with E-state index in [-0.39, 0.29) is 0 Å². The van der Waals surface area contributed by atoms with Crippen molar-refractivity contribution in [2.75, 3.05) is 17.7 Å². The summed E-state index contributed by atoms with van der Waals surface area (Å²) in [5.74, 6) is 0.721. The average Bonchev–Trinajstić information content (AvgIpc) is 2.30. The quantitative estimate of drug-likeness (QED) is 0.832. The Bertz CT molecular complexity index is 479. The molecule has 0 amide bonds. The fourth-order valence-electron chi connectivity index (χ4n) is 1.50. The van der Waals surface area contributed by atoms with Crippen LogP contribution in [0.1, 0.15) is 5.56 Å². The summed E-state index contributed by atoms with van der Waals surface area (Å²) in [4.78, 5) is 9.98. The second-order valence-electron chi connectivity index (χ2n) is 3.70. The Labute approximate surface area is 94.8 Å². The summed E-state index contributed by atoms with van der Waals surface area (Å²) in [6.07, 6.45) is 3.10. The van der Waals surface area contributed by atoms with E-state index in [1.54, 1.807) is 6.20 Å². The smallest absolute Gasteiger partial charge is 0.159 e. The predicted molar refractivity (Wildman–Crippen MR) is 65.7 cm³/mol. The molecule has 0 aliphatic carbocycles. The Balaban J connectivity index is 2.35. The van der Waals surface area contributed by atoms with Crippen molar-refractivity contribution in [2.45, 2.75) is 6.92 Å². The van der Waals surface area contributed by atoms with Gasteiger partial charge in [-0.15, -0.1) is 0 Å². The second-order valence-corrected chi connectivity index (χ2v) is 3.70. The summed E-state index contributed by atoms with van der Waals surface area (Å²) in [6.45, 7) is 2.06. The van der Waals surface area contributed by atoms with Gasteiger partial charge in [0, 0.05) is 12.7 Å². The van der Waals surface area contributed by atoms with Crippen molar-refractivity contribution in [2.24, 2.45) is 0 Å². The molecule has 0 aliphatic heterocycles. The van der Waals surface area contributed by atoms with Crippen molar-refractivity contribution in [1.29, 1.82) is 0 Å². The molecule has 2 aromatic rings. The van der Waals surface area contributed by atoms with E-state index in [1.807, 2.05) is 24.1 Å². The lowest BCUT2D eigenvalue weighted by Crippen LogP contribution is -2.13. The summed E-state index contributed by atoms with van der Waals surface area (Å²) in [5.41, 5.74) is 8.68. The maximum Gasteiger partial charge on any atom is 0.159 e. The molecule has 0 saturated carbocycles. The second kappa shape index (κ2) is 4.18. The van der Waals surface area contributed by atoms with Gasteiger partial charge in [0.05, 0.1) is 11.9 Å². The Morgan fingerprint density at radius 1 is 1.19 bits per heavy atom. The lowest BCUT2D eigenvalue weighted by atomic mass is 10.2. The van der Waals surface area contributed by atoms with E-state index in [0.29, 0.717) is 5.69 Å². The molecule has 0 saturated heterocycles. The number of benzene rings is 1. The Morgan fingerprint density at radius 3 is 2.50 bits per heavy atom. The summed E-state index contributed by atoms with van der Waals surface area (Å²) >= 11 is 0. The molecular weight excluding hydrogens is 200 g/mol. The number of rotatable bonds is 2. The molecule has 0 radical (unpaired) electrons. The molecule has 2 N–H and O–H groups in total. The molecule has 0 unspecified atom stereocenters. The molecule has 0 fully saturated rings. The first-order valence-electron chi connectivity index (χ1n) is 5.04. The highest BCUT2D eigenvalue weighted by Gasteiger charge is 2.08. The van der Waals surface area contributed by atoms with Crippen molar-refractivity contribution in [1.82, 2.24) is 9.97 Å². The highest BCUT2D eigenvalue weighted by molar-refractivity contribution is 5.69. The van der Waals surface area contributed by atoms with Crippen LogP contribution in [0.5, 0.6) is 0 Å². The number of nitrogens with zero attached hydrogens (tertiary/aromatic N) is 3. The standard InChI is InChI=1S/C12H14N4/c1-9-3-5-10(6-4-9)16(2)12-11(13)7-14-8-15-12/h3-8H,13H2,1-2H3. The van der Waals surface area contributed by atoms with Crippen LogP contribution in [-0.4, -0.2) is 17.0 Å². The molecule has 1 aromatic heterocycles. The topological polar surface area (TPSA) is 55.0 Å². The molecule has 82 valence electrons. The molecule has 0 bridgehead atoms. The number of nitrogen functional groups attached to an aromatic ring is 1. The molecule has 4 nitrogen and oxygen atoms in total. The zero-order valence-corrected chi connectivity index (χ0v) is 9.38. The van der Waals surface area contributed by atoms with E-state index in [2.05, 4.69) is 29.0 Å². The number of hydrogen-bond acceptors (Lipinski definition) is 4. The largest absolute Gasteiger partial charge is 0.394 e. The number of aryl methyl sites for hydroxylation is 1. The molecule has 0 spiro atoms. The van der Waals surface area contributed by atoms with Crippen LogP contribution in [0.2, 0.25) is 0 Å². The minimum atomic E-state index is 0.575. The maximum atomic E-state index is 5.82. The minimum Gasteiger partial charge on any atom is -0.394 e. The summed E-state index contributed by atoms with van der Waals surface area (Å²) in [5, 5.41) is 0. The van der Waals surface area contributed by atoms with Gasteiger partial charge in [0.1, 0.15) is 6.33 Å². The Kier molecular flexibility index (Phi) is 2.72. The third-order valence-electron chi connectivity index (χ3n) is 2.46. The first kappa shape index (κ1) is 10.4. The Morgan fingerprint density at radius 2 is 1.88 bits per heavy atom. The number of aromatic nitrogens is 2. The molecule has 0 aliphatic rings. The SMILES string of the molecule is Cc1ccc(N(C)c2ncncc2N)cc1. The average molecular weight is 214 g/mol. The number of hydrogen-bond donors (Lipinski definition) is 1. The van der Waals surface area contributed by atoms with E-state index in [4.69, 9.17) is 5.73 Å². The minimum absolute atomic E-state index is 0.575. The van der Waals surface area contributed by atoms with Crippen molar-refractivity contribution < 1.29 is 0 Å². The van der Waals surface area contributed by atoms with Gasteiger partial charge in [-0.1, -0.05) is 17.7 Å². The lowest BCUT2D eigenvalue weighted by molar-refractivity contribution is 1.08. The van der Waals surface area contributed by atoms with E-state index >= 15 is 0 Å². The summed E-state index contributed by atoms with van der Waals surface area (Å²) < 4.78 is 0. The van der Waals surface area contributed by atoms with Crippen LogP contribution in [0.3, 0.4) is 0 Å². The monoisotopic (exact) mass is 214 g/mol. The van der Waals surface area contributed by atoms with Crippen molar-refractivity contribution in [3.05, 3.63) is 42.4 Å². The van der Waals surface area contributed by atoms with Gasteiger partial charge in [-0.3, -0.25) is 0 Å². The lowest BCUT2D eigenvalue weighted by Gasteiger charge is -2.19. The number of anilines is 3. The zero-order chi connectivity index (χ0) is 11.5. The molecule has 1 aromatic carbocycles. The van der Waals surface area contributed by atoms with Crippen LogP contribution >= 0.6 is 0 Å². The van der Waals surface area contributed by atoms with Crippen molar-refractivity contribution in [3.8, 4) is 0 Å². The summed E-state index contributed by atoms with van der Waals surface area (Å²) in [6, 6.07) is 8.19. The van der Waals surface area contributed by atoms with E-state index < -0.39 is 0 Å². The van der Waals surface area contributed by atoms with Crippen LogP contribution in [0.4, 0.5) is 17.2 Å². The van der Waals surface area contributed by atoms with Gasteiger partial charge >= 0.3 is 0 Å². The van der Waals surface area contributed by atoms with Gasteiger partial charge in [0.15, 0.2) is 5.82 Å². The van der Waals surface area contributed by atoms with E-state index in [0.717, 1.165) is 11.5 Å². The first-order chi connectivity index (χ1) is 7.68. The number of nitrogens with two attached hydrogens (primary N) is 1. The van der Waals surface area contributed by atoms with E-state index in [1.165, 1.54) is 11.9 Å². The zero-order valence-electron chi connectivity index (χ0n) is 9.38. The normalized spacial score (nSPS) is 10.1. The predicted octanol–water partition coefficient (Wildman–Crippen LogP) is 2.14.